The number of carbonyl (C=O) groups excluding carboxylic acids is 1. The summed E-state index contributed by atoms with van der Waals surface area (Å²) in [6.07, 6.45) is 3.20. The Morgan fingerprint density at radius 2 is 1.89 bits per heavy atom. The van der Waals surface area contributed by atoms with Crippen molar-refractivity contribution < 1.29 is 13.9 Å². The van der Waals surface area contributed by atoms with Gasteiger partial charge in [-0.3, -0.25) is 9.78 Å². The molecule has 1 aliphatic rings. The molecule has 1 amide bonds. The third-order valence-electron chi connectivity index (χ3n) is 5.07. The van der Waals surface area contributed by atoms with Crippen molar-refractivity contribution in [1.82, 2.24) is 9.88 Å². The van der Waals surface area contributed by atoms with Gasteiger partial charge >= 0.3 is 0 Å². The molecule has 0 bridgehead atoms. The van der Waals surface area contributed by atoms with E-state index < -0.39 is 5.82 Å². The molecule has 144 valence electrons. The number of nitrogens with zero attached hydrogens (tertiary/aromatic N) is 2. The lowest BCUT2D eigenvalue weighted by Crippen LogP contribution is -2.42. The van der Waals surface area contributed by atoms with Crippen LogP contribution in [0, 0.1) is 5.82 Å². The Bertz CT molecular complexity index is 977. The second-order valence-electron chi connectivity index (χ2n) is 6.91. The minimum atomic E-state index is -0.442. The number of ether oxygens (including phenoxy) is 1. The summed E-state index contributed by atoms with van der Waals surface area (Å²) in [4.78, 5) is 18.7. The van der Waals surface area contributed by atoms with Crippen molar-refractivity contribution in [2.75, 3.05) is 13.1 Å². The van der Waals surface area contributed by atoms with Crippen LogP contribution < -0.4 is 4.74 Å². The van der Waals surface area contributed by atoms with Crippen LogP contribution in [-0.4, -0.2) is 35.0 Å². The second-order valence-corrected chi connectivity index (χ2v) is 7.31. The zero-order chi connectivity index (χ0) is 19.5. The molecule has 4 rings (SSSR count). The lowest BCUT2D eigenvalue weighted by atomic mass is 10.1. The van der Waals surface area contributed by atoms with Gasteiger partial charge in [-0.05, 0) is 24.3 Å². The Morgan fingerprint density at radius 3 is 2.68 bits per heavy atom. The zero-order valence-electron chi connectivity index (χ0n) is 15.3. The number of rotatable bonds is 4. The minimum Gasteiger partial charge on any atom is -0.488 e. The van der Waals surface area contributed by atoms with E-state index in [1.807, 2.05) is 30.3 Å². The topological polar surface area (TPSA) is 42.4 Å². The first-order valence-electron chi connectivity index (χ1n) is 9.33. The van der Waals surface area contributed by atoms with Crippen molar-refractivity contribution in [2.24, 2.45) is 0 Å². The molecular formula is C22H20ClFN2O2. The molecule has 1 aromatic heterocycles. The molecule has 6 heteroatoms. The van der Waals surface area contributed by atoms with Crippen LogP contribution in [0.4, 0.5) is 4.39 Å². The molecule has 1 fully saturated rings. The van der Waals surface area contributed by atoms with Crippen LogP contribution in [-0.2, 0) is 11.2 Å². The number of benzene rings is 2. The first kappa shape index (κ1) is 18.7. The van der Waals surface area contributed by atoms with Gasteiger partial charge in [0, 0.05) is 48.1 Å². The Morgan fingerprint density at radius 1 is 1.14 bits per heavy atom. The van der Waals surface area contributed by atoms with E-state index in [-0.39, 0.29) is 29.0 Å². The number of pyridine rings is 1. The fourth-order valence-electron chi connectivity index (χ4n) is 3.54. The van der Waals surface area contributed by atoms with Gasteiger partial charge in [0.25, 0.3) is 0 Å². The highest BCUT2D eigenvalue weighted by Gasteiger charge is 2.25. The largest absolute Gasteiger partial charge is 0.488 e. The van der Waals surface area contributed by atoms with E-state index in [0.717, 1.165) is 29.5 Å². The summed E-state index contributed by atoms with van der Waals surface area (Å²) in [5.41, 5.74) is 1.10. The molecule has 0 unspecified atom stereocenters. The summed E-state index contributed by atoms with van der Waals surface area (Å²) in [5.74, 6) is 0.209. The Balaban J connectivity index is 1.37. The van der Waals surface area contributed by atoms with E-state index >= 15 is 0 Å². The predicted octanol–water partition coefficient (Wildman–Crippen LogP) is 4.64. The number of hydrogen-bond acceptors (Lipinski definition) is 3. The molecule has 0 radical (unpaired) electrons. The van der Waals surface area contributed by atoms with E-state index in [4.69, 9.17) is 16.3 Å². The Hall–Kier alpha value is -2.66. The number of hydrogen-bond donors (Lipinski definition) is 0. The average Bonchev–Trinajstić information content (AvgIpc) is 2.71. The lowest BCUT2D eigenvalue weighted by Gasteiger charge is -2.32. The Kier molecular flexibility index (Phi) is 5.44. The normalized spacial score (nSPS) is 15.0. The molecule has 1 saturated heterocycles. The fourth-order valence-corrected chi connectivity index (χ4v) is 3.77. The molecule has 0 aliphatic carbocycles. The van der Waals surface area contributed by atoms with Gasteiger partial charge < -0.3 is 9.64 Å². The number of fused-ring (bicyclic) bond motifs is 1. The number of piperidine rings is 1. The molecule has 0 spiro atoms. The van der Waals surface area contributed by atoms with Crippen molar-refractivity contribution in [3.8, 4) is 5.75 Å². The van der Waals surface area contributed by atoms with E-state index in [0.29, 0.717) is 13.1 Å². The van der Waals surface area contributed by atoms with Crippen molar-refractivity contribution >= 4 is 28.4 Å². The van der Waals surface area contributed by atoms with Crippen LogP contribution in [0.2, 0.25) is 5.02 Å². The first-order valence-corrected chi connectivity index (χ1v) is 9.70. The lowest BCUT2D eigenvalue weighted by molar-refractivity contribution is -0.132. The molecule has 0 atom stereocenters. The quantitative estimate of drug-likeness (QED) is 0.643. The number of halogens is 2. The first-order chi connectivity index (χ1) is 13.6. The SMILES string of the molecule is O=C(Cc1c(F)cccc1Cl)N1CCC(Oc2cccc3cccnc23)CC1. The van der Waals surface area contributed by atoms with E-state index in [1.165, 1.54) is 12.1 Å². The van der Waals surface area contributed by atoms with E-state index in [1.54, 1.807) is 17.2 Å². The molecule has 28 heavy (non-hydrogen) atoms. The smallest absolute Gasteiger partial charge is 0.227 e. The standard InChI is InChI=1S/C22H20ClFN2O2/c23-18-6-2-7-19(24)17(18)14-21(27)26-12-9-16(10-13-26)28-20-8-1-4-15-5-3-11-25-22(15)20/h1-8,11,16H,9-10,12-14H2. The number of para-hydroxylation sites is 1. The summed E-state index contributed by atoms with van der Waals surface area (Å²) in [7, 11) is 0. The molecule has 0 N–H and O–H groups in total. The molecule has 1 aliphatic heterocycles. The van der Waals surface area contributed by atoms with Gasteiger partial charge in [-0.25, -0.2) is 4.39 Å². The van der Waals surface area contributed by atoms with Gasteiger partial charge in [0.1, 0.15) is 23.2 Å². The summed E-state index contributed by atoms with van der Waals surface area (Å²) in [6, 6.07) is 14.3. The van der Waals surface area contributed by atoms with E-state index in [2.05, 4.69) is 4.98 Å². The monoisotopic (exact) mass is 398 g/mol. The third kappa shape index (κ3) is 3.94. The maximum Gasteiger partial charge on any atom is 0.227 e. The number of carbonyl (C=O) groups is 1. The molecule has 2 aromatic carbocycles. The van der Waals surface area contributed by atoms with Gasteiger partial charge in [-0.15, -0.1) is 0 Å². The summed E-state index contributed by atoms with van der Waals surface area (Å²) >= 11 is 6.04. The van der Waals surface area contributed by atoms with Crippen molar-refractivity contribution in [3.63, 3.8) is 0 Å². The molecule has 4 nitrogen and oxygen atoms in total. The third-order valence-corrected chi connectivity index (χ3v) is 5.43. The van der Waals surface area contributed by atoms with Crippen molar-refractivity contribution in [2.45, 2.75) is 25.4 Å². The Labute approximate surface area is 167 Å². The number of amides is 1. The van der Waals surface area contributed by atoms with Crippen LogP contribution in [0.15, 0.2) is 54.7 Å². The van der Waals surface area contributed by atoms with Crippen LogP contribution in [0.25, 0.3) is 10.9 Å². The zero-order valence-corrected chi connectivity index (χ0v) is 16.0. The van der Waals surface area contributed by atoms with Crippen LogP contribution in [0.3, 0.4) is 0 Å². The van der Waals surface area contributed by atoms with E-state index in [9.17, 15) is 9.18 Å². The molecule has 3 aromatic rings. The van der Waals surface area contributed by atoms with Crippen LogP contribution in [0.5, 0.6) is 5.75 Å². The van der Waals surface area contributed by atoms with Gasteiger partial charge in [-0.1, -0.05) is 35.9 Å². The van der Waals surface area contributed by atoms with Gasteiger partial charge in [-0.2, -0.15) is 0 Å². The van der Waals surface area contributed by atoms with Crippen molar-refractivity contribution in [3.05, 3.63) is 71.1 Å². The summed E-state index contributed by atoms with van der Waals surface area (Å²) in [5, 5.41) is 1.32. The van der Waals surface area contributed by atoms with Gasteiger partial charge in [0.2, 0.25) is 5.91 Å². The van der Waals surface area contributed by atoms with Crippen LogP contribution in [0.1, 0.15) is 18.4 Å². The average molecular weight is 399 g/mol. The van der Waals surface area contributed by atoms with Crippen molar-refractivity contribution in [1.29, 1.82) is 0 Å². The highest BCUT2D eigenvalue weighted by Crippen LogP contribution is 2.27. The van der Waals surface area contributed by atoms with Gasteiger partial charge in [0.05, 0.1) is 6.42 Å². The maximum atomic E-state index is 13.9. The highest BCUT2D eigenvalue weighted by molar-refractivity contribution is 6.31. The predicted molar refractivity (Wildman–Crippen MR) is 107 cm³/mol. The van der Waals surface area contributed by atoms with Crippen LogP contribution >= 0.6 is 11.6 Å². The number of likely N-dealkylation sites (tertiary alicyclic amines) is 1. The fraction of sp³-hybridized carbons (Fsp3) is 0.273. The minimum absolute atomic E-state index is 0.0219. The number of aromatic nitrogens is 1. The molecule has 2 heterocycles. The maximum absolute atomic E-state index is 13.9. The molecule has 0 saturated carbocycles. The second kappa shape index (κ2) is 8.15. The molecular weight excluding hydrogens is 379 g/mol. The summed E-state index contributed by atoms with van der Waals surface area (Å²) < 4.78 is 20.1. The highest BCUT2D eigenvalue weighted by atomic mass is 35.5. The summed E-state index contributed by atoms with van der Waals surface area (Å²) in [6.45, 7) is 1.15. The van der Waals surface area contributed by atoms with Gasteiger partial charge in [0.15, 0.2) is 0 Å².